The summed E-state index contributed by atoms with van der Waals surface area (Å²) in [6.07, 6.45) is 0. The maximum Gasteiger partial charge on any atom is 0.0666 e. The highest BCUT2D eigenvalue weighted by Gasteiger charge is 2.24. The van der Waals surface area contributed by atoms with Crippen LogP contribution in [0.3, 0.4) is 0 Å². The molecule has 1 aliphatic heterocycles. The highest BCUT2D eigenvalue weighted by Crippen LogP contribution is 2.39. The predicted molar refractivity (Wildman–Crippen MR) is 76.8 cm³/mol. The zero-order valence-electron chi connectivity index (χ0n) is 11.1. The third-order valence-corrected chi connectivity index (χ3v) is 4.73. The Morgan fingerprint density at radius 1 is 1.50 bits per heavy atom. The molecular formula is C15H20N2S. The number of hydrogen-bond acceptors (Lipinski definition) is 3. The molecule has 0 saturated carbocycles. The van der Waals surface area contributed by atoms with Crippen molar-refractivity contribution in [3.63, 3.8) is 0 Å². The summed E-state index contributed by atoms with van der Waals surface area (Å²) in [6.45, 7) is 7.16. The molecule has 0 bridgehead atoms. The molecule has 0 fully saturated rings. The van der Waals surface area contributed by atoms with Gasteiger partial charge in [-0.1, -0.05) is 25.1 Å². The molecule has 0 amide bonds. The van der Waals surface area contributed by atoms with Gasteiger partial charge in [-0.3, -0.25) is 0 Å². The van der Waals surface area contributed by atoms with E-state index < -0.39 is 0 Å². The lowest BCUT2D eigenvalue weighted by molar-refractivity contribution is 0.257. The van der Waals surface area contributed by atoms with Gasteiger partial charge in [-0.05, 0) is 25.1 Å². The van der Waals surface area contributed by atoms with Crippen molar-refractivity contribution in [3.8, 4) is 6.07 Å². The van der Waals surface area contributed by atoms with Crippen LogP contribution in [0.25, 0.3) is 0 Å². The molecule has 1 aliphatic rings. The van der Waals surface area contributed by atoms with Crippen molar-refractivity contribution < 1.29 is 0 Å². The van der Waals surface area contributed by atoms with Crippen LogP contribution >= 0.6 is 11.8 Å². The zero-order chi connectivity index (χ0) is 13.0. The van der Waals surface area contributed by atoms with E-state index in [-0.39, 0.29) is 5.92 Å². The fourth-order valence-corrected chi connectivity index (χ4v) is 3.69. The first kappa shape index (κ1) is 13.5. The van der Waals surface area contributed by atoms with Gasteiger partial charge in [0.2, 0.25) is 0 Å². The summed E-state index contributed by atoms with van der Waals surface area (Å²) >= 11 is 1.96. The van der Waals surface area contributed by atoms with Crippen LogP contribution in [0.1, 0.15) is 25.3 Å². The highest BCUT2D eigenvalue weighted by molar-refractivity contribution is 7.99. The lowest BCUT2D eigenvalue weighted by Crippen LogP contribution is -2.32. The molecule has 1 aromatic carbocycles. The van der Waals surface area contributed by atoms with Crippen LogP contribution in [0.15, 0.2) is 29.2 Å². The summed E-state index contributed by atoms with van der Waals surface area (Å²) in [6, 6.07) is 11.0. The molecule has 2 rings (SSSR count). The van der Waals surface area contributed by atoms with Crippen LogP contribution in [0.4, 0.5) is 0 Å². The van der Waals surface area contributed by atoms with Gasteiger partial charge >= 0.3 is 0 Å². The largest absolute Gasteiger partial charge is 0.302 e. The fraction of sp³-hybridized carbons (Fsp3) is 0.533. The molecular weight excluding hydrogens is 240 g/mol. The Hall–Kier alpha value is -0.980. The zero-order valence-corrected chi connectivity index (χ0v) is 11.9. The summed E-state index contributed by atoms with van der Waals surface area (Å²) < 4.78 is 0. The molecule has 3 heteroatoms. The second kappa shape index (κ2) is 6.26. The van der Waals surface area contributed by atoms with E-state index in [1.54, 1.807) is 0 Å². The van der Waals surface area contributed by atoms with E-state index in [1.807, 2.05) is 18.7 Å². The first-order valence-electron chi connectivity index (χ1n) is 6.58. The average Bonchev–Trinajstić information content (AvgIpc) is 2.81. The number of nitriles is 1. The summed E-state index contributed by atoms with van der Waals surface area (Å²) in [4.78, 5) is 3.84. The molecule has 2 unspecified atom stereocenters. The number of fused-ring (bicyclic) bond motifs is 1. The van der Waals surface area contributed by atoms with E-state index >= 15 is 0 Å². The number of thioether (sulfide) groups is 1. The maximum absolute atomic E-state index is 8.92. The lowest BCUT2D eigenvalue weighted by Gasteiger charge is -2.25. The Morgan fingerprint density at radius 3 is 3.00 bits per heavy atom. The molecule has 2 atom stereocenters. The summed E-state index contributed by atoms with van der Waals surface area (Å²) in [7, 11) is 0. The standard InChI is InChI=1S/C15H20N2S/c1-3-17(9-12(2)8-16)10-13-11-18-15-7-5-4-6-14(13)15/h4-7,12-13H,3,9-11H2,1-2H3. The molecule has 18 heavy (non-hydrogen) atoms. The molecule has 0 saturated heterocycles. The second-order valence-corrected chi connectivity index (χ2v) is 5.99. The van der Waals surface area contributed by atoms with E-state index in [0.717, 1.165) is 19.6 Å². The van der Waals surface area contributed by atoms with Gasteiger partial charge in [-0.25, -0.2) is 0 Å². The van der Waals surface area contributed by atoms with Crippen LogP contribution in [-0.4, -0.2) is 30.3 Å². The molecule has 0 aromatic heterocycles. The van der Waals surface area contributed by atoms with Gasteiger partial charge in [0.25, 0.3) is 0 Å². The smallest absolute Gasteiger partial charge is 0.0666 e. The van der Waals surface area contributed by atoms with Crippen molar-refractivity contribution in [3.05, 3.63) is 29.8 Å². The Labute approximate surface area is 114 Å². The highest BCUT2D eigenvalue weighted by atomic mass is 32.2. The van der Waals surface area contributed by atoms with Crippen molar-refractivity contribution >= 4 is 11.8 Å². The molecule has 1 aromatic rings. The molecule has 0 aliphatic carbocycles. The topological polar surface area (TPSA) is 27.0 Å². The molecule has 0 spiro atoms. The Morgan fingerprint density at radius 2 is 2.28 bits per heavy atom. The number of hydrogen-bond donors (Lipinski definition) is 0. The summed E-state index contributed by atoms with van der Waals surface area (Å²) in [5.74, 6) is 1.92. The van der Waals surface area contributed by atoms with Gasteiger partial charge in [-0.2, -0.15) is 5.26 Å². The lowest BCUT2D eigenvalue weighted by atomic mass is 10.0. The van der Waals surface area contributed by atoms with Gasteiger partial charge < -0.3 is 4.90 Å². The fourth-order valence-electron chi connectivity index (χ4n) is 2.45. The van der Waals surface area contributed by atoms with Gasteiger partial charge in [0.15, 0.2) is 0 Å². The normalized spacial score (nSPS) is 19.6. The van der Waals surface area contributed by atoms with Crippen LogP contribution in [0.2, 0.25) is 0 Å². The van der Waals surface area contributed by atoms with E-state index in [1.165, 1.54) is 16.2 Å². The Kier molecular flexibility index (Phi) is 4.68. The minimum atomic E-state index is 0.120. The van der Waals surface area contributed by atoms with Crippen LogP contribution < -0.4 is 0 Å². The molecule has 1 heterocycles. The first-order valence-corrected chi connectivity index (χ1v) is 7.56. The van der Waals surface area contributed by atoms with Crippen molar-refractivity contribution in [2.45, 2.75) is 24.7 Å². The molecule has 96 valence electrons. The van der Waals surface area contributed by atoms with Gasteiger partial charge in [-0.15, -0.1) is 11.8 Å². The van der Waals surface area contributed by atoms with E-state index in [0.29, 0.717) is 5.92 Å². The average molecular weight is 260 g/mol. The summed E-state index contributed by atoms with van der Waals surface area (Å²) in [5, 5.41) is 8.92. The third-order valence-electron chi connectivity index (χ3n) is 3.48. The van der Waals surface area contributed by atoms with Crippen molar-refractivity contribution in [1.82, 2.24) is 4.90 Å². The van der Waals surface area contributed by atoms with E-state index in [9.17, 15) is 0 Å². The SMILES string of the molecule is CCN(CC(C)C#N)CC1CSc2ccccc21. The van der Waals surface area contributed by atoms with Crippen LogP contribution in [0, 0.1) is 17.2 Å². The minimum Gasteiger partial charge on any atom is -0.302 e. The monoisotopic (exact) mass is 260 g/mol. The second-order valence-electron chi connectivity index (χ2n) is 4.93. The number of rotatable bonds is 5. The molecule has 2 nitrogen and oxygen atoms in total. The van der Waals surface area contributed by atoms with Crippen LogP contribution in [-0.2, 0) is 0 Å². The van der Waals surface area contributed by atoms with Crippen molar-refractivity contribution in [1.29, 1.82) is 5.26 Å². The summed E-state index contributed by atoms with van der Waals surface area (Å²) in [5.41, 5.74) is 1.49. The van der Waals surface area contributed by atoms with Crippen molar-refractivity contribution in [2.75, 3.05) is 25.4 Å². The first-order chi connectivity index (χ1) is 8.74. The van der Waals surface area contributed by atoms with Gasteiger partial charge in [0.05, 0.1) is 12.0 Å². The number of nitrogens with zero attached hydrogens (tertiary/aromatic N) is 2. The molecule has 0 N–H and O–H groups in total. The quantitative estimate of drug-likeness (QED) is 0.812. The Bertz CT molecular complexity index is 438. The Balaban J connectivity index is 2.00. The molecule has 0 radical (unpaired) electrons. The van der Waals surface area contributed by atoms with Gasteiger partial charge in [0.1, 0.15) is 0 Å². The van der Waals surface area contributed by atoms with E-state index in [4.69, 9.17) is 5.26 Å². The van der Waals surface area contributed by atoms with Crippen molar-refractivity contribution in [2.24, 2.45) is 5.92 Å². The predicted octanol–water partition coefficient (Wildman–Crippen LogP) is 3.36. The van der Waals surface area contributed by atoms with Gasteiger partial charge in [0, 0.05) is 29.7 Å². The number of likely N-dealkylation sites (N-methyl/N-ethyl adjacent to an activating group) is 1. The maximum atomic E-state index is 8.92. The third kappa shape index (κ3) is 3.07. The minimum absolute atomic E-state index is 0.120. The van der Waals surface area contributed by atoms with E-state index in [2.05, 4.69) is 42.2 Å². The number of benzene rings is 1. The van der Waals surface area contributed by atoms with Crippen LogP contribution in [0.5, 0.6) is 0 Å².